The van der Waals surface area contributed by atoms with Crippen LogP contribution in [0.3, 0.4) is 0 Å². The van der Waals surface area contributed by atoms with E-state index in [1.54, 1.807) is 42.5 Å². The lowest BCUT2D eigenvalue weighted by molar-refractivity contribution is -0.115. The third kappa shape index (κ3) is 5.66. The molecule has 0 fully saturated rings. The number of amides is 2. The van der Waals surface area contributed by atoms with E-state index in [1.807, 2.05) is 42.5 Å². The number of carbonyl (C=O) groups excluding carboxylic acids is 2. The second-order valence-corrected chi connectivity index (χ2v) is 7.67. The molecule has 0 atom stereocenters. The minimum absolute atomic E-state index is 0.00522. The molecule has 0 aliphatic heterocycles. The molecule has 0 aliphatic carbocycles. The van der Waals surface area contributed by atoms with Gasteiger partial charge in [-0.25, -0.2) is 4.39 Å². The number of anilines is 2. The van der Waals surface area contributed by atoms with Gasteiger partial charge < -0.3 is 15.4 Å². The predicted octanol–water partition coefficient (Wildman–Crippen LogP) is 5.93. The van der Waals surface area contributed by atoms with Crippen LogP contribution in [0.2, 0.25) is 0 Å². The minimum Gasteiger partial charge on any atom is -0.495 e. The van der Waals surface area contributed by atoms with Crippen molar-refractivity contribution in [2.24, 2.45) is 0 Å². The molecular weight excluding hydrogens is 431 g/mol. The normalized spacial score (nSPS) is 10.4. The van der Waals surface area contributed by atoms with Gasteiger partial charge >= 0.3 is 0 Å². The van der Waals surface area contributed by atoms with Crippen LogP contribution in [0.1, 0.15) is 15.9 Å². The zero-order chi connectivity index (χ0) is 23.9. The molecule has 0 unspecified atom stereocenters. The number of methoxy groups -OCH3 is 1. The molecule has 4 rings (SSSR count). The molecule has 4 aromatic rings. The van der Waals surface area contributed by atoms with E-state index >= 15 is 0 Å². The number of nitrogens with one attached hydrogen (secondary N) is 2. The smallest absolute Gasteiger partial charge is 0.255 e. The van der Waals surface area contributed by atoms with E-state index in [0.717, 1.165) is 11.1 Å². The summed E-state index contributed by atoms with van der Waals surface area (Å²) >= 11 is 0. The summed E-state index contributed by atoms with van der Waals surface area (Å²) in [5, 5.41) is 5.61. The standard InChI is InChI=1S/C28H23FN2O3/c1-34-26-15-14-24(18-25(26)31-27(32)17-19-6-5-9-23(29)16-19)30-28(33)22-12-10-21(11-13-22)20-7-3-2-4-8-20/h2-16,18H,17H2,1H3,(H,30,33)(H,31,32). The molecule has 34 heavy (non-hydrogen) atoms. The number of benzene rings is 4. The summed E-state index contributed by atoms with van der Waals surface area (Å²) in [6.07, 6.45) is 0.00522. The maximum atomic E-state index is 13.4. The fourth-order valence-corrected chi connectivity index (χ4v) is 3.56. The highest BCUT2D eigenvalue weighted by molar-refractivity contribution is 6.05. The Hall–Kier alpha value is -4.45. The van der Waals surface area contributed by atoms with Crippen LogP contribution in [0.5, 0.6) is 5.75 Å². The third-order valence-electron chi connectivity index (χ3n) is 5.24. The van der Waals surface area contributed by atoms with Crippen LogP contribution in [0.15, 0.2) is 97.1 Å². The molecule has 4 aromatic carbocycles. The molecule has 2 N–H and O–H groups in total. The van der Waals surface area contributed by atoms with Gasteiger partial charge in [-0.15, -0.1) is 0 Å². The Morgan fingerprint density at radius 1 is 0.794 bits per heavy atom. The first kappa shape index (κ1) is 22.7. The lowest BCUT2D eigenvalue weighted by atomic mass is 10.0. The topological polar surface area (TPSA) is 67.4 Å². The number of carbonyl (C=O) groups is 2. The summed E-state index contributed by atoms with van der Waals surface area (Å²) in [4.78, 5) is 25.2. The van der Waals surface area contributed by atoms with E-state index in [1.165, 1.54) is 19.2 Å². The summed E-state index contributed by atoms with van der Waals surface area (Å²) in [6, 6.07) is 28.1. The van der Waals surface area contributed by atoms with Crippen LogP contribution in [-0.4, -0.2) is 18.9 Å². The van der Waals surface area contributed by atoms with E-state index < -0.39 is 5.82 Å². The quantitative estimate of drug-likeness (QED) is 0.363. The molecule has 0 heterocycles. The maximum Gasteiger partial charge on any atom is 0.255 e. The van der Waals surface area contributed by atoms with Gasteiger partial charge in [0.1, 0.15) is 11.6 Å². The highest BCUT2D eigenvalue weighted by Crippen LogP contribution is 2.28. The highest BCUT2D eigenvalue weighted by atomic mass is 19.1. The molecule has 6 heteroatoms. The van der Waals surface area contributed by atoms with Crippen molar-refractivity contribution in [2.45, 2.75) is 6.42 Å². The number of ether oxygens (including phenoxy) is 1. The summed E-state index contributed by atoms with van der Waals surface area (Å²) in [5.41, 5.74) is 4.06. The van der Waals surface area contributed by atoms with Crippen molar-refractivity contribution in [2.75, 3.05) is 17.7 Å². The Balaban J connectivity index is 1.45. The van der Waals surface area contributed by atoms with Crippen molar-refractivity contribution in [1.29, 1.82) is 0 Å². The van der Waals surface area contributed by atoms with Crippen LogP contribution in [0.4, 0.5) is 15.8 Å². The average molecular weight is 455 g/mol. The van der Waals surface area contributed by atoms with Crippen LogP contribution in [0.25, 0.3) is 11.1 Å². The first-order valence-corrected chi connectivity index (χ1v) is 10.7. The average Bonchev–Trinajstić information content (AvgIpc) is 2.85. The monoisotopic (exact) mass is 454 g/mol. The fourth-order valence-electron chi connectivity index (χ4n) is 3.56. The molecule has 170 valence electrons. The number of hydrogen-bond donors (Lipinski definition) is 2. The van der Waals surface area contributed by atoms with Gasteiger partial charge in [0.15, 0.2) is 0 Å². The van der Waals surface area contributed by atoms with Crippen LogP contribution >= 0.6 is 0 Å². The van der Waals surface area contributed by atoms with Crippen molar-refractivity contribution in [3.8, 4) is 16.9 Å². The molecular formula is C28H23FN2O3. The number of rotatable bonds is 7. The van der Waals surface area contributed by atoms with Gasteiger partial charge in [0.05, 0.1) is 19.2 Å². The Kier molecular flexibility index (Phi) is 6.98. The SMILES string of the molecule is COc1ccc(NC(=O)c2ccc(-c3ccccc3)cc2)cc1NC(=O)Cc1cccc(F)c1. The minimum atomic E-state index is -0.399. The van der Waals surface area contributed by atoms with Crippen LogP contribution < -0.4 is 15.4 Å². The van der Waals surface area contributed by atoms with Gasteiger partial charge in [-0.1, -0.05) is 54.6 Å². The van der Waals surface area contributed by atoms with E-state index in [-0.39, 0.29) is 18.2 Å². The van der Waals surface area contributed by atoms with Gasteiger partial charge in [-0.2, -0.15) is 0 Å². The first-order valence-electron chi connectivity index (χ1n) is 10.7. The molecule has 0 radical (unpaired) electrons. The highest BCUT2D eigenvalue weighted by Gasteiger charge is 2.12. The second kappa shape index (κ2) is 10.4. The molecule has 2 amide bonds. The summed E-state index contributed by atoms with van der Waals surface area (Å²) < 4.78 is 18.7. The lowest BCUT2D eigenvalue weighted by Gasteiger charge is -2.13. The van der Waals surface area contributed by atoms with Gasteiger partial charge in [0, 0.05) is 11.3 Å². The van der Waals surface area contributed by atoms with E-state index in [4.69, 9.17) is 4.74 Å². The van der Waals surface area contributed by atoms with Crippen LogP contribution in [0, 0.1) is 5.82 Å². The van der Waals surface area contributed by atoms with Gasteiger partial charge in [0.25, 0.3) is 5.91 Å². The molecule has 5 nitrogen and oxygen atoms in total. The zero-order valence-corrected chi connectivity index (χ0v) is 18.5. The number of halogens is 1. The predicted molar refractivity (Wildman–Crippen MR) is 132 cm³/mol. The zero-order valence-electron chi connectivity index (χ0n) is 18.5. The van der Waals surface area contributed by atoms with Crippen molar-refractivity contribution in [1.82, 2.24) is 0 Å². The Morgan fingerprint density at radius 2 is 1.53 bits per heavy atom. The molecule has 0 aliphatic rings. The Bertz CT molecular complexity index is 1310. The van der Waals surface area contributed by atoms with Crippen molar-refractivity contribution in [3.63, 3.8) is 0 Å². The van der Waals surface area contributed by atoms with Crippen molar-refractivity contribution >= 4 is 23.2 Å². The maximum absolute atomic E-state index is 13.4. The third-order valence-corrected chi connectivity index (χ3v) is 5.24. The Morgan fingerprint density at radius 3 is 2.24 bits per heavy atom. The molecule has 0 bridgehead atoms. The summed E-state index contributed by atoms with van der Waals surface area (Å²) in [7, 11) is 1.49. The fraction of sp³-hybridized carbons (Fsp3) is 0.0714. The summed E-state index contributed by atoms with van der Waals surface area (Å²) in [5.74, 6) is -0.562. The first-order chi connectivity index (χ1) is 16.5. The summed E-state index contributed by atoms with van der Waals surface area (Å²) in [6.45, 7) is 0. The van der Waals surface area contributed by atoms with Crippen LogP contribution in [-0.2, 0) is 11.2 Å². The molecule has 0 saturated heterocycles. The number of hydrogen-bond acceptors (Lipinski definition) is 3. The largest absolute Gasteiger partial charge is 0.495 e. The van der Waals surface area contributed by atoms with Gasteiger partial charge in [-0.3, -0.25) is 9.59 Å². The lowest BCUT2D eigenvalue weighted by Crippen LogP contribution is -2.16. The Labute approximate surface area is 197 Å². The van der Waals surface area contributed by atoms with Crippen molar-refractivity contribution in [3.05, 3.63) is 114 Å². The van der Waals surface area contributed by atoms with Gasteiger partial charge in [-0.05, 0) is 59.2 Å². The second-order valence-electron chi connectivity index (χ2n) is 7.67. The molecule has 0 spiro atoms. The van der Waals surface area contributed by atoms with E-state index in [0.29, 0.717) is 28.3 Å². The molecule has 0 aromatic heterocycles. The van der Waals surface area contributed by atoms with Gasteiger partial charge in [0.2, 0.25) is 5.91 Å². The van der Waals surface area contributed by atoms with Crippen molar-refractivity contribution < 1.29 is 18.7 Å². The molecule has 0 saturated carbocycles. The van der Waals surface area contributed by atoms with E-state index in [2.05, 4.69) is 10.6 Å². The van der Waals surface area contributed by atoms with E-state index in [9.17, 15) is 14.0 Å².